The molecule has 20 heavy (non-hydrogen) atoms. The molecule has 1 N–H and O–H groups in total. The van der Waals surface area contributed by atoms with Crippen molar-refractivity contribution in [3.63, 3.8) is 0 Å². The Morgan fingerprint density at radius 2 is 1.35 bits per heavy atom. The predicted molar refractivity (Wildman–Crippen MR) is 82.1 cm³/mol. The molecule has 0 bridgehead atoms. The zero-order chi connectivity index (χ0) is 14.1. The van der Waals surface area contributed by atoms with Gasteiger partial charge in [-0.1, -0.05) is 48.5 Å². The van der Waals surface area contributed by atoms with Gasteiger partial charge in [0.05, 0.1) is 0 Å². The molecule has 2 nitrogen and oxygen atoms in total. The lowest BCUT2D eigenvalue weighted by Gasteiger charge is -2.14. The van der Waals surface area contributed by atoms with E-state index in [2.05, 4.69) is 31.2 Å². The smallest absolute Gasteiger partial charge is 0.303 e. The van der Waals surface area contributed by atoms with Gasteiger partial charge in [-0.3, -0.25) is 4.79 Å². The molecule has 0 aromatic heterocycles. The van der Waals surface area contributed by atoms with Gasteiger partial charge < -0.3 is 5.11 Å². The summed E-state index contributed by atoms with van der Waals surface area (Å²) in [6.45, 7) is 2.13. The van der Waals surface area contributed by atoms with E-state index in [4.69, 9.17) is 5.11 Å². The lowest BCUT2D eigenvalue weighted by Crippen LogP contribution is -1.99. The van der Waals surface area contributed by atoms with E-state index in [0.29, 0.717) is 6.42 Å². The fourth-order valence-corrected chi connectivity index (χ4v) is 2.94. The third kappa shape index (κ3) is 2.03. The highest BCUT2D eigenvalue weighted by molar-refractivity contribution is 6.05. The van der Waals surface area contributed by atoms with Gasteiger partial charge in [-0.15, -0.1) is 0 Å². The quantitative estimate of drug-likeness (QED) is 0.715. The van der Waals surface area contributed by atoms with Crippen LogP contribution in [0, 0.1) is 6.92 Å². The summed E-state index contributed by atoms with van der Waals surface area (Å²) in [5.74, 6) is -0.751. The molecule has 0 atom stereocenters. The van der Waals surface area contributed by atoms with Crippen LogP contribution in [0.25, 0.3) is 21.5 Å². The van der Waals surface area contributed by atoms with Crippen molar-refractivity contribution in [1.29, 1.82) is 0 Å². The number of hydrogen-bond donors (Lipinski definition) is 1. The number of aliphatic carboxylic acids is 1. The minimum Gasteiger partial charge on any atom is -0.481 e. The molecule has 0 aliphatic heterocycles. The Morgan fingerprint density at radius 1 is 0.900 bits per heavy atom. The van der Waals surface area contributed by atoms with E-state index in [0.717, 1.165) is 5.56 Å². The molecule has 100 valence electrons. The van der Waals surface area contributed by atoms with Crippen LogP contribution in [0.15, 0.2) is 48.5 Å². The monoisotopic (exact) mass is 264 g/mol. The van der Waals surface area contributed by atoms with E-state index in [9.17, 15) is 4.79 Å². The summed E-state index contributed by atoms with van der Waals surface area (Å²) in [5, 5.41) is 13.7. The molecule has 0 aliphatic carbocycles. The summed E-state index contributed by atoms with van der Waals surface area (Å²) in [5.41, 5.74) is 2.40. The number of benzene rings is 3. The first kappa shape index (κ1) is 12.7. The van der Waals surface area contributed by atoms with Gasteiger partial charge in [0.1, 0.15) is 0 Å². The minimum absolute atomic E-state index is 0.164. The maximum atomic E-state index is 10.9. The van der Waals surface area contributed by atoms with E-state index < -0.39 is 5.97 Å². The molecule has 0 spiro atoms. The van der Waals surface area contributed by atoms with E-state index in [1.54, 1.807) is 0 Å². The highest BCUT2D eigenvalue weighted by atomic mass is 16.4. The SMILES string of the molecule is Cc1c2ccccc2c(CCC(=O)O)c2ccccc12. The van der Waals surface area contributed by atoms with Gasteiger partial charge in [0.2, 0.25) is 0 Å². The number of hydrogen-bond acceptors (Lipinski definition) is 1. The molecular weight excluding hydrogens is 248 g/mol. The highest BCUT2D eigenvalue weighted by Gasteiger charge is 2.11. The molecule has 0 radical (unpaired) electrons. The molecule has 0 amide bonds. The van der Waals surface area contributed by atoms with E-state index in [-0.39, 0.29) is 6.42 Å². The Balaban J connectivity index is 2.37. The van der Waals surface area contributed by atoms with Crippen LogP contribution in [0.5, 0.6) is 0 Å². The van der Waals surface area contributed by atoms with Crippen LogP contribution in [0.4, 0.5) is 0 Å². The zero-order valence-corrected chi connectivity index (χ0v) is 11.4. The van der Waals surface area contributed by atoms with E-state index in [1.807, 2.05) is 24.3 Å². The number of aryl methyl sites for hydroxylation is 2. The van der Waals surface area contributed by atoms with Gasteiger partial charge in [0, 0.05) is 6.42 Å². The van der Waals surface area contributed by atoms with Gasteiger partial charge >= 0.3 is 5.97 Å². The van der Waals surface area contributed by atoms with Crippen LogP contribution >= 0.6 is 0 Å². The average Bonchev–Trinajstić information content (AvgIpc) is 2.47. The van der Waals surface area contributed by atoms with Crippen molar-refractivity contribution in [2.45, 2.75) is 19.8 Å². The number of rotatable bonds is 3. The van der Waals surface area contributed by atoms with Crippen molar-refractivity contribution in [3.05, 3.63) is 59.7 Å². The topological polar surface area (TPSA) is 37.3 Å². The summed E-state index contributed by atoms with van der Waals surface area (Å²) in [6, 6.07) is 16.5. The molecule has 0 unspecified atom stereocenters. The van der Waals surface area contributed by atoms with Crippen molar-refractivity contribution in [2.75, 3.05) is 0 Å². The second-order valence-electron chi connectivity index (χ2n) is 5.09. The van der Waals surface area contributed by atoms with Crippen molar-refractivity contribution < 1.29 is 9.90 Å². The summed E-state index contributed by atoms with van der Waals surface area (Å²) < 4.78 is 0. The minimum atomic E-state index is -0.751. The van der Waals surface area contributed by atoms with Crippen molar-refractivity contribution in [2.24, 2.45) is 0 Å². The Morgan fingerprint density at radius 3 is 1.80 bits per heavy atom. The van der Waals surface area contributed by atoms with Crippen LogP contribution < -0.4 is 0 Å². The maximum absolute atomic E-state index is 10.9. The van der Waals surface area contributed by atoms with E-state index >= 15 is 0 Å². The van der Waals surface area contributed by atoms with Crippen molar-refractivity contribution in [3.8, 4) is 0 Å². The zero-order valence-electron chi connectivity index (χ0n) is 11.4. The molecule has 0 aliphatic rings. The maximum Gasteiger partial charge on any atom is 0.303 e. The van der Waals surface area contributed by atoms with Gasteiger partial charge in [-0.25, -0.2) is 0 Å². The Labute approximate surface area is 117 Å². The Bertz CT molecular complexity index is 746. The van der Waals surface area contributed by atoms with Crippen molar-refractivity contribution >= 4 is 27.5 Å². The average molecular weight is 264 g/mol. The van der Waals surface area contributed by atoms with Crippen LogP contribution in [0.2, 0.25) is 0 Å². The lowest BCUT2D eigenvalue weighted by molar-refractivity contribution is -0.136. The molecule has 3 rings (SSSR count). The lowest BCUT2D eigenvalue weighted by atomic mass is 9.90. The van der Waals surface area contributed by atoms with Crippen LogP contribution in [0.3, 0.4) is 0 Å². The second kappa shape index (κ2) is 4.97. The number of carbonyl (C=O) groups is 1. The van der Waals surface area contributed by atoms with Crippen LogP contribution in [0.1, 0.15) is 17.5 Å². The number of fused-ring (bicyclic) bond motifs is 2. The first-order chi connectivity index (χ1) is 9.68. The largest absolute Gasteiger partial charge is 0.481 e. The highest BCUT2D eigenvalue weighted by Crippen LogP contribution is 2.32. The first-order valence-corrected chi connectivity index (χ1v) is 6.79. The third-order valence-corrected chi connectivity index (χ3v) is 3.90. The van der Waals surface area contributed by atoms with Crippen molar-refractivity contribution in [1.82, 2.24) is 0 Å². The molecule has 0 saturated heterocycles. The van der Waals surface area contributed by atoms with Crippen LogP contribution in [-0.4, -0.2) is 11.1 Å². The standard InChI is InChI=1S/C18H16O2/c1-12-13-6-2-4-8-15(13)17(10-11-18(19)20)16-9-5-3-7-14(12)16/h2-9H,10-11H2,1H3,(H,19,20). The third-order valence-electron chi connectivity index (χ3n) is 3.90. The molecule has 3 aromatic carbocycles. The van der Waals surface area contributed by atoms with Gasteiger partial charge in [-0.05, 0) is 46.0 Å². The molecule has 0 heterocycles. The summed E-state index contributed by atoms with van der Waals surface area (Å²) in [4.78, 5) is 10.9. The Hall–Kier alpha value is -2.35. The fourth-order valence-electron chi connectivity index (χ4n) is 2.94. The molecule has 0 saturated carbocycles. The normalized spacial score (nSPS) is 11.1. The molecule has 2 heteroatoms. The number of carboxylic acid groups (broad SMARTS) is 1. The predicted octanol–water partition coefficient (Wildman–Crippen LogP) is 4.32. The Kier molecular flexibility index (Phi) is 3.15. The molecular formula is C18H16O2. The summed E-state index contributed by atoms with van der Waals surface area (Å²) in [7, 11) is 0. The second-order valence-corrected chi connectivity index (χ2v) is 5.09. The van der Waals surface area contributed by atoms with Gasteiger partial charge in [-0.2, -0.15) is 0 Å². The molecule has 0 fully saturated rings. The van der Waals surface area contributed by atoms with Crippen LogP contribution in [-0.2, 0) is 11.2 Å². The van der Waals surface area contributed by atoms with Gasteiger partial charge in [0.25, 0.3) is 0 Å². The van der Waals surface area contributed by atoms with E-state index in [1.165, 1.54) is 27.1 Å². The summed E-state index contributed by atoms with van der Waals surface area (Å²) in [6.07, 6.45) is 0.730. The fraction of sp³-hybridized carbons (Fsp3) is 0.167. The number of carboxylic acids is 1. The first-order valence-electron chi connectivity index (χ1n) is 6.79. The van der Waals surface area contributed by atoms with Gasteiger partial charge in [0.15, 0.2) is 0 Å². The molecule has 3 aromatic rings. The summed E-state index contributed by atoms with van der Waals surface area (Å²) >= 11 is 0.